The van der Waals surface area contributed by atoms with Crippen LogP contribution in [0.25, 0.3) is 6.08 Å². The lowest BCUT2D eigenvalue weighted by atomic mass is 10.2. The van der Waals surface area contributed by atoms with Crippen LogP contribution in [0.15, 0.2) is 47.6 Å². The van der Waals surface area contributed by atoms with Crippen molar-refractivity contribution in [1.82, 2.24) is 9.29 Å². The van der Waals surface area contributed by atoms with Gasteiger partial charge in [-0.3, -0.25) is 0 Å². The highest BCUT2D eigenvalue weighted by Gasteiger charge is 2.21. The molecule has 19 heavy (non-hydrogen) atoms. The van der Waals surface area contributed by atoms with E-state index in [9.17, 15) is 8.42 Å². The van der Waals surface area contributed by atoms with Crippen LogP contribution in [0, 0.1) is 6.92 Å². The first-order valence-electron chi connectivity index (χ1n) is 6.01. The van der Waals surface area contributed by atoms with Gasteiger partial charge < -0.3 is 5.32 Å². The van der Waals surface area contributed by atoms with Gasteiger partial charge in [0.1, 0.15) is 0 Å². The van der Waals surface area contributed by atoms with E-state index < -0.39 is 10.0 Å². The quantitative estimate of drug-likeness (QED) is 0.912. The van der Waals surface area contributed by atoms with E-state index in [0.29, 0.717) is 11.4 Å². The fraction of sp³-hybridized carbons (Fsp3) is 0.143. The Morgan fingerprint density at radius 1 is 1.16 bits per heavy atom. The molecule has 5 heteroatoms. The van der Waals surface area contributed by atoms with Crippen LogP contribution in [-0.4, -0.2) is 12.4 Å². The normalized spacial score (nSPS) is 13.9. The molecule has 1 aromatic carbocycles. The van der Waals surface area contributed by atoms with Crippen LogP contribution in [-0.2, 0) is 16.6 Å². The molecule has 0 saturated carbocycles. The number of nitrogens with one attached hydrogen (secondary N) is 1. The van der Waals surface area contributed by atoms with Gasteiger partial charge in [-0.25, -0.2) is 12.4 Å². The zero-order valence-corrected chi connectivity index (χ0v) is 11.3. The molecular weight excluding hydrogens is 260 g/mol. The van der Waals surface area contributed by atoms with Gasteiger partial charge in [-0.2, -0.15) is 0 Å². The molecule has 2 heterocycles. The minimum Gasteiger partial charge on any atom is -0.385 e. The van der Waals surface area contributed by atoms with Crippen molar-refractivity contribution in [2.75, 3.05) is 0 Å². The minimum atomic E-state index is -3.51. The van der Waals surface area contributed by atoms with Crippen LogP contribution in [0.3, 0.4) is 0 Å². The van der Waals surface area contributed by atoms with Gasteiger partial charge in [-0.05, 0) is 43.0 Å². The second-order valence-electron chi connectivity index (χ2n) is 4.55. The van der Waals surface area contributed by atoms with E-state index in [1.54, 1.807) is 30.5 Å². The van der Waals surface area contributed by atoms with Crippen LogP contribution in [0.1, 0.15) is 16.8 Å². The molecule has 1 aliphatic heterocycles. The first-order chi connectivity index (χ1) is 9.09. The average Bonchev–Trinajstić information content (AvgIpc) is 2.83. The largest absolute Gasteiger partial charge is 0.385 e. The lowest BCUT2D eigenvalue weighted by molar-refractivity contribution is 0.584. The van der Waals surface area contributed by atoms with Crippen molar-refractivity contribution in [3.05, 3.63) is 59.5 Å². The summed E-state index contributed by atoms with van der Waals surface area (Å²) < 4.78 is 26.5. The lowest BCUT2D eigenvalue weighted by Gasteiger charge is -2.14. The van der Waals surface area contributed by atoms with Crippen molar-refractivity contribution in [3.8, 4) is 0 Å². The number of benzene rings is 1. The van der Waals surface area contributed by atoms with E-state index in [1.807, 2.05) is 25.3 Å². The van der Waals surface area contributed by atoms with E-state index in [-0.39, 0.29) is 0 Å². The summed E-state index contributed by atoms with van der Waals surface area (Å²) in [4.78, 5) is 0.311. The Morgan fingerprint density at radius 3 is 2.63 bits per heavy atom. The number of aromatic nitrogens is 1. The van der Waals surface area contributed by atoms with Crippen LogP contribution < -0.4 is 5.32 Å². The Morgan fingerprint density at radius 2 is 1.89 bits per heavy atom. The molecular formula is C14H14N2O2S. The van der Waals surface area contributed by atoms with E-state index >= 15 is 0 Å². The summed E-state index contributed by atoms with van der Waals surface area (Å²) in [6.07, 6.45) is 5.31. The monoisotopic (exact) mass is 274 g/mol. The molecule has 0 saturated heterocycles. The molecule has 0 aliphatic carbocycles. The van der Waals surface area contributed by atoms with Gasteiger partial charge in [0, 0.05) is 6.20 Å². The molecule has 0 spiro atoms. The summed E-state index contributed by atoms with van der Waals surface area (Å²) in [7, 11) is -3.51. The minimum absolute atomic E-state index is 0.311. The second-order valence-corrected chi connectivity index (χ2v) is 6.36. The standard InChI is InChI=1S/C14H14N2O2S/c1-11-2-4-13(5-3-11)19(17,18)16-9-7-12-6-8-15-10-14(12)16/h2-9,15H,10H2,1H3. The molecule has 3 rings (SSSR count). The zero-order valence-electron chi connectivity index (χ0n) is 10.5. The molecule has 1 N–H and O–H groups in total. The van der Waals surface area contributed by atoms with Crippen LogP contribution in [0.2, 0.25) is 0 Å². The van der Waals surface area contributed by atoms with Crippen molar-refractivity contribution in [1.29, 1.82) is 0 Å². The first-order valence-corrected chi connectivity index (χ1v) is 7.45. The highest BCUT2D eigenvalue weighted by atomic mass is 32.2. The summed E-state index contributed by atoms with van der Waals surface area (Å²) in [5.41, 5.74) is 2.75. The maximum Gasteiger partial charge on any atom is 0.267 e. The first kappa shape index (κ1) is 12.0. The molecule has 4 nitrogen and oxygen atoms in total. The molecule has 0 atom stereocenters. The van der Waals surface area contributed by atoms with E-state index in [1.165, 1.54) is 3.97 Å². The third kappa shape index (κ3) is 1.96. The molecule has 0 unspecified atom stereocenters. The number of rotatable bonds is 2. The number of nitrogens with zero attached hydrogens (tertiary/aromatic N) is 1. The number of hydrogen-bond donors (Lipinski definition) is 1. The lowest BCUT2D eigenvalue weighted by Crippen LogP contribution is -2.20. The van der Waals surface area contributed by atoms with Gasteiger partial charge in [0.25, 0.3) is 10.0 Å². The molecule has 98 valence electrons. The smallest absolute Gasteiger partial charge is 0.267 e. The average molecular weight is 274 g/mol. The van der Waals surface area contributed by atoms with Crippen molar-refractivity contribution < 1.29 is 8.42 Å². The predicted octanol–water partition coefficient (Wildman–Crippen LogP) is 2.11. The Balaban J connectivity index is 2.13. The molecule has 0 radical (unpaired) electrons. The molecule has 1 aromatic heterocycles. The van der Waals surface area contributed by atoms with Crippen molar-refractivity contribution in [3.63, 3.8) is 0 Å². The Labute approximate surface area is 112 Å². The van der Waals surface area contributed by atoms with Gasteiger partial charge in [0.15, 0.2) is 0 Å². The number of fused-ring (bicyclic) bond motifs is 1. The SMILES string of the molecule is Cc1ccc(S(=O)(=O)n2ccc3c2CNC=C3)cc1. The fourth-order valence-corrected chi connectivity index (χ4v) is 3.53. The van der Waals surface area contributed by atoms with Gasteiger partial charge in [0.2, 0.25) is 0 Å². The third-order valence-corrected chi connectivity index (χ3v) is 4.94. The maximum absolute atomic E-state index is 12.6. The topological polar surface area (TPSA) is 51.1 Å². The molecule has 1 aliphatic rings. The van der Waals surface area contributed by atoms with Gasteiger partial charge >= 0.3 is 0 Å². The second kappa shape index (κ2) is 4.28. The zero-order chi connectivity index (χ0) is 13.5. The van der Waals surface area contributed by atoms with Crippen molar-refractivity contribution in [2.24, 2.45) is 0 Å². The van der Waals surface area contributed by atoms with E-state index in [4.69, 9.17) is 0 Å². The molecule has 0 fully saturated rings. The maximum atomic E-state index is 12.6. The van der Waals surface area contributed by atoms with Gasteiger partial charge in [0.05, 0.1) is 17.1 Å². The third-order valence-electron chi connectivity index (χ3n) is 3.22. The highest BCUT2D eigenvalue weighted by molar-refractivity contribution is 7.90. The van der Waals surface area contributed by atoms with Gasteiger partial charge in [-0.1, -0.05) is 17.7 Å². The Hall–Kier alpha value is -2.01. The van der Waals surface area contributed by atoms with E-state index in [2.05, 4.69) is 5.32 Å². The van der Waals surface area contributed by atoms with Gasteiger partial charge in [-0.15, -0.1) is 0 Å². The summed E-state index contributed by atoms with van der Waals surface area (Å²) in [6.45, 7) is 2.45. The Kier molecular flexibility index (Phi) is 2.71. The number of hydrogen-bond acceptors (Lipinski definition) is 3. The predicted molar refractivity (Wildman–Crippen MR) is 74.1 cm³/mol. The summed E-state index contributed by atoms with van der Waals surface area (Å²) in [5, 5.41) is 3.03. The van der Waals surface area contributed by atoms with Crippen molar-refractivity contribution >= 4 is 16.1 Å². The molecule has 0 amide bonds. The highest BCUT2D eigenvalue weighted by Crippen LogP contribution is 2.22. The summed E-state index contributed by atoms with van der Waals surface area (Å²) >= 11 is 0. The Bertz CT molecular complexity index is 740. The molecule has 0 bridgehead atoms. The van der Waals surface area contributed by atoms with Crippen LogP contribution in [0.5, 0.6) is 0 Å². The van der Waals surface area contributed by atoms with Crippen LogP contribution in [0.4, 0.5) is 0 Å². The fourth-order valence-electron chi connectivity index (χ4n) is 2.15. The number of aryl methyl sites for hydroxylation is 1. The van der Waals surface area contributed by atoms with E-state index in [0.717, 1.165) is 16.8 Å². The summed E-state index contributed by atoms with van der Waals surface area (Å²) in [6, 6.07) is 8.71. The molecule has 2 aromatic rings. The summed E-state index contributed by atoms with van der Waals surface area (Å²) in [5.74, 6) is 0. The van der Waals surface area contributed by atoms with Crippen molar-refractivity contribution in [2.45, 2.75) is 18.4 Å². The van der Waals surface area contributed by atoms with Crippen LogP contribution >= 0.6 is 0 Å².